The third-order valence-electron chi connectivity index (χ3n) is 4.31. The predicted molar refractivity (Wildman–Crippen MR) is 81.3 cm³/mol. The molecule has 1 aliphatic rings. The summed E-state index contributed by atoms with van der Waals surface area (Å²) in [6, 6.07) is 6.19. The summed E-state index contributed by atoms with van der Waals surface area (Å²) < 4.78 is 6.48. The Morgan fingerprint density at radius 3 is 2.90 bits per heavy atom. The van der Waals surface area contributed by atoms with E-state index in [-0.39, 0.29) is 11.5 Å². The average molecular weight is 336 g/mol. The van der Waals surface area contributed by atoms with Crippen molar-refractivity contribution in [1.82, 2.24) is 10.1 Å². The van der Waals surface area contributed by atoms with Crippen LogP contribution < -0.4 is 5.73 Å². The first-order valence-electron chi connectivity index (χ1n) is 6.87. The van der Waals surface area contributed by atoms with Crippen LogP contribution in [0.5, 0.6) is 0 Å². The van der Waals surface area contributed by atoms with Crippen molar-refractivity contribution in [2.75, 3.05) is 0 Å². The molecular formula is C15H18BrN3O. The number of aryl methyl sites for hydroxylation is 1. The SMILES string of the molecule is Cc1ccc(-c2noc(C3(C)CCCC3N)n2)c(Br)c1. The van der Waals surface area contributed by atoms with Gasteiger partial charge in [-0.05, 0) is 44.4 Å². The highest BCUT2D eigenvalue weighted by Gasteiger charge is 2.42. The minimum absolute atomic E-state index is 0.0947. The molecule has 2 aromatic rings. The van der Waals surface area contributed by atoms with Crippen LogP contribution in [-0.4, -0.2) is 16.2 Å². The smallest absolute Gasteiger partial charge is 0.234 e. The minimum atomic E-state index is -0.192. The molecule has 1 aromatic heterocycles. The highest BCUT2D eigenvalue weighted by atomic mass is 79.9. The van der Waals surface area contributed by atoms with Gasteiger partial charge in [-0.2, -0.15) is 4.98 Å². The van der Waals surface area contributed by atoms with Gasteiger partial charge in [-0.15, -0.1) is 0 Å². The van der Waals surface area contributed by atoms with E-state index in [4.69, 9.17) is 10.3 Å². The third kappa shape index (κ3) is 2.19. The lowest BCUT2D eigenvalue weighted by Gasteiger charge is -2.23. The maximum absolute atomic E-state index is 6.21. The summed E-state index contributed by atoms with van der Waals surface area (Å²) in [7, 11) is 0. The molecule has 0 aliphatic heterocycles. The van der Waals surface area contributed by atoms with Gasteiger partial charge in [0.25, 0.3) is 0 Å². The second-order valence-corrected chi connectivity index (χ2v) is 6.68. The van der Waals surface area contributed by atoms with Gasteiger partial charge in [0, 0.05) is 16.1 Å². The Kier molecular flexibility index (Phi) is 3.42. The molecule has 0 radical (unpaired) electrons. The van der Waals surface area contributed by atoms with Crippen LogP contribution in [0.2, 0.25) is 0 Å². The summed E-state index contributed by atoms with van der Waals surface area (Å²) in [6.07, 6.45) is 3.14. The third-order valence-corrected chi connectivity index (χ3v) is 4.97. The van der Waals surface area contributed by atoms with E-state index in [1.165, 1.54) is 5.56 Å². The normalized spacial score (nSPS) is 26.1. The zero-order valence-corrected chi connectivity index (χ0v) is 13.3. The number of hydrogen-bond donors (Lipinski definition) is 1. The lowest BCUT2D eigenvalue weighted by molar-refractivity contribution is 0.278. The van der Waals surface area contributed by atoms with Gasteiger partial charge < -0.3 is 10.3 Å². The first-order valence-corrected chi connectivity index (χ1v) is 7.66. The average Bonchev–Trinajstić information content (AvgIpc) is 2.99. The fourth-order valence-electron chi connectivity index (χ4n) is 2.83. The lowest BCUT2D eigenvalue weighted by atomic mass is 9.85. The first-order chi connectivity index (χ1) is 9.50. The molecule has 1 aromatic carbocycles. The Balaban J connectivity index is 1.98. The number of hydrogen-bond acceptors (Lipinski definition) is 4. The van der Waals surface area contributed by atoms with Gasteiger partial charge in [-0.25, -0.2) is 0 Å². The van der Waals surface area contributed by atoms with Gasteiger partial charge in [0.15, 0.2) is 0 Å². The van der Waals surface area contributed by atoms with Crippen molar-refractivity contribution in [3.8, 4) is 11.4 Å². The molecule has 5 heteroatoms. The number of benzene rings is 1. The van der Waals surface area contributed by atoms with E-state index in [9.17, 15) is 0 Å². The summed E-state index contributed by atoms with van der Waals surface area (Å²) in [5.41, 5.74) is 8.15. The molecule has 106 valence electrons. The summed E-state index contributed by atoms with van der Waals surface area (Å²) in [6.45, 7) is 4.17. The largest absolute Gasteiger partial charge is 0.338 e. The molecule has 20 heavy (non-hydrogen) atoms. The molecule has 1 heterocycles. The lowest BCUT2D eigenvalue weighted by Crippen LogP contribution is -2.38. The number of aromatic nitrogens is 2. The van der Waals surface area contributed by atoms with Crippen molar-refractivity contribution in [2.45, 2.75) is 44.6 Å². The van der Waals surface area contributed by atoms with Crippen LogP contribution in [0, 0.1) is 6.92 Å². The molecule has 2 unspecified atom stereocenters. The highest BCUT2D eigenvalue weighted by Crippen LogP contribution is 2.40. The van der Waals surface area contributed by atoms with Crippen LogP contribution in [0.3, 0.4) is 0 Å². The number of nitrogens with two attached hydrogens (primary N) is 1. The molecule has 1 saturated carbocycles. The van der Waals surface area contributed by atoms with Crippen LogP contribution in [0.1, 0.15) is 37.6 Å². The molecule has 1 aliphatic carbocycles. The highest BCUT2D eigenvalue weighted by molar-refractivity contribution is 9.10. The summed E-state index contributed by atoms with van der Waals surface area (Å²) in [5, 5.41) is 4.13. The van der Waals surface area contributed by atoms with E-state index < -0.39 is 0 Å². The Morgan fingerprint density at radius 1 is 1.45 bits per heavy atom. The second kappa shape index (κ2) is 4.97. The Labute approximate surface area is 126 Å². The number of halogens is 1. The summed E-state index contributed by atoms with van der Waals surface area (Å²) in [4.78, 5) is 4.59. The van der Waals surface area contributed by atoms with Crippen molar-refractivity contribution in [1.29, 1.82) is 0 Å². The van der Waals surface area contributed by atoms with Crippen LogP contribution >= 0.6 is 15.9 Å². The monoisotopic (exact) mass is 335 g/mol. The molecule has 3 rings (SSSR count). The van der Waals surface area contributed by atoms with Gasteiger partial charge in [0.05, 0.1) is 5.41 Å². The summed E-state index contributed by atoms with van der Waals surface area (Å²) in [5.74, 6) is 1.28. The first kappa shape index (κ1) is 13.8. The van der Waals surface area contributed by atoms with Gasteiger partial charge >= 0.3 is 0 Å². The van der Waals surface area contributed by atoms with E-state index in [0.717, 1.165) is 29.3 Å². The quantitative estimate of drug-likeness (QED) is 0.910. The molecule has 1 fully saturated rings. The van der Waals surface area contributed by atoms with E-state index in [1.807, 2.05) is 18.2 Å². The molecule has 2 atom stereocenters. The van der Waals surface area contributed by atoms with Crippen LogP contribution in [-0.2, 0) is 5.41 Å². The Bertz CT molecular complexity index is 640. The topological polar surface area (TPSA) is 64.9 Å². The van der Waals surface area contributed by atoms with E-state index in [2.05, 4.69) is 39.9 Å². The zero-order valence-electron chi connectivity index (χ0n) is 11.7. The van der Waals surface area contributed by atoms with Crippen molar-refractivity contribution < 1.29 is 4.52 Å². The molecule has 0 saturated heterocycles. The fraction of sp³-hybridized carbons (Fsp3) is 0.467. The van der Waals surface area contributed by atoms with Crippen molar-refractivity contribution in [2.24, 2.45) is 5.73 Å². The molecule has 4 nitrogen and oxygen atoms in total. The predicted octanol–water partition coefficient (Wildman–Crippen LogP) is 3.58. The van der Waals surface area contributed by atoms with Crippen LogP contribution in [0.15, 0.2) is 27.2 Å². The molecular weight excluding hydrogens is 318 g/mol. The molecule has 0 bridgehead atoms. The van der Waals surface area contributed by atoms with Gasteiger partial charge in [0.2, 0.25) is 11.7 Å². The second-order valence-electron chi connectivity index (χ2n) is 5.82. The number of rotatable bonds is 2. The molecule has 0 amide bonds. The number of nitrogens with zero attached hydrogens (tertiary/aromatic N) is 2. The van der Waals surface area contributed by atoms with Crippen LogP contribution in [0.4, 0.5) is 0 Å². The van der Waals surface area contributed by atoms with Crippen molar-refractivity contribution in [3.63, 3.8) is 0 Å². The van der Waals surface area contributed by atoms with E-state index >= 15 is 0 Å². The zero-order chi connectivity index (χ0) is 14.3. The van der Waals surface area contributed by atoms with Gasteiger partial charge in [-0.1, -0.05) is 33.6 Å². The van der Waals surface area contributed by atoms with Crippen molar-refractivity contribution in [3.05, 3.63) is 34.1 Å². The summed E-state index contributed by atoms with van der Waals surface area (Å²) >= 11 is 3.56. The van der Waals surface area contributed by atoms with Crippen LogP contribution in [0.25, 0.3) is 11.4 Å². The minimum Gasteiger partial charge on any atom is -0.338 e. The van der Waals surface area contributed by atoms with E-state index in [0.29, 0.717) is 11.7 Å². The van der Waals surface area contributed by atoms with Crippen molar-refractivity contribution >= 4 is 15.9 Å². The van der Waals surface area contributed by atoms with E-state index in [1.54, 1.807) is 0 Å². The Morgan fingerprint density at radius 2 is 2.25 bits per heavy atom. The van der Waals surface area contributed by atoms with Gasteiger partial charge in [-0.3, -0.25) is 0 Å². The fourth-order valence-corrected chi connectivity index (χ4v) is 3.50. The maximum Gasteiger partial charge on any atom is 0.234 e. The van der Waals surface area contributed by atoms with Gasteiger partial charge in [0.1, 0.15) is 0 Å². The maximum atomic E-state index is 6.21. The molecule has 0 spiro atoms. The Hall–Kier alpha value is -1.20. The molecule has 2 N–H and O–H groups in total. The standard InChI is InChI=1S/C15H18BrN3O/c1-9-5-6-10(11(16)8-9)13-18-14(20-19-13)15(2)7-3-4-12(15)17/h5-6,8,12H,3-4,7,17H2,1-2H3.